The van der Waals surface area contributed by atoms with Crippen molar-refractivity contribution in [1.82, 2.24) is 9.97 Å². The Bertz CT molecular complexity index is 608. The Balaban J connectivity index is 2.26. The van der Waals surface area contributed by atoms with Crippen molar-refractivity contribution in [3.05, 3.63) is 40.7 Å². The van der Waals surface area contributed by atoms with Gasteiger partial charge >= 0.3 is 5.97 Å². The maximum atomic E-state index is 11.4. The van der Waals surface area contributed by atoms with E-state index in [2.05, 4.69) is 9.97 Å². The molecule has 6 nitrogen and oxygen atoms in total. The van der Waals surface area contributed by atoms with Gasteiger partial charge in [0.05, 0.1) is 0 Å². The highest BCUT2D eigenvalue weighted by molar-refractivity contribution is 7.17. The van der Waals surface area contributed by atoms with Gasteiger partial charge in [-0.25, -0.2) is 9.78 Å². The molecule has 0 fully saturated rings. The van der Waals surface area contributed by atoms with Crippen LogP contribution in [0, 0.1) is 0 Å². The summed E-state index contributed by atoms with van der Waals surface area (Å²) in [6, 6.07) is 3.75. The van der Waals surface area contributed by atoms with Crippen LogP contribution in [0.5, 0.6) is 0 Å². The fourth-order valence-corrected chi connectivity index (χ4v) is 2.60. The van der Waals surface area contributed by atoms with Gasteiger partial charge in [-0.2, -0.15) is 0 Å². The maximum Gasteiger partial charge on any atom is 0.356 e. The van der Waals surface area contributed by atoms with Crippen LogP contribution in [0.3, 0.4) is 0 Å². The van der Waals surface area contributed by atoms with Crippen LogP contribution in [0.2, 0.25) is 0 Å². The molecule has 2 rings (SSSR count). The third-order valence-corrected chi connectivity index (χ3v) is 3.88. The van der Waals surface area contributed by atoms with Gasteiger partial charge in [-0.3, -0.25) is 9.78 Å². The third kappa shape index (κ3) is 3.00. The molecule has 0 saturated heterocycles. The Morgan fingerprint density at radius 2 is 2.20 bits per heavy atom. The molecule has 0 aliphatic carbocycles. The summed E-state index contributed by atoms with van der Waals surface area (Å²) in [6.45, 7) is 1.88. The van der Waals surface area contributed by atoms with Crippen molar-refractivity contribution in [3.8, 4) is 0 Å². The Hall–Kier alpha value is -2.28. The summed E-state index contributed by atoms with van der Waals surface area (Å²) >= 11 is 1.09. The predicted octanol–water partition coefficient (Wildman–Crippen LogP) is 2.08. The predicted molar refractivity (Wildman–Crippen MR) is 75.4 cm³/mol. The molecular weight excluding hydrogens is 278 g/mol. The fourth-order valence-electron chi connectivity index (χ4n) is 1.69. The van der Waals surface area contributed by atoms with Crippen molar-refractivity contribution in [2.45, 2.75) is 13.5 Å². The molecule has 0 aromatic carbocycles. The van der Waals surface area contributed by atoms with Crippen LogP contribution in [0.25, 0.3) is 0 Å². The number of rotatable bonds is 5. The number of thiazole rings is 1. The SMILES string of the molecule is CC(=O)c1sc(N(C)Cc2cccnc2)nc1C(=O)O. The van der Waals surface area contributed by atoms with Crippen molar-refractivity contribution in [1.29, 1.82) is 0 Å². The Morgan fingerprint density at radius 3 is 2.70 bits per heavy atom. The van der Waals surface area contributed by atoms with Crippen molar-refractivity contribution >= 4 is 28.2 Å². The van der Waals surface area contributed by atoms with Crippen LogP contribution in [-0.4, -0.2) is 33.9 Å². The van der Waals surface area contributed by atoms with Gasteiger partial charge in [0.1, 0.15) is 4.88 Å². The van der Waals surface area contributed by atoms with Crippen LogP contribution >= 0.6 is 11.3 Å². The van der Waals surface area contributed by atoms with Crippen molar-refractivity contribution in [3.63, 3.8) is 0 Å². The Labute approximate surface area is 119 Å². The molecule has 0 aliphatic rings. The Morgan fingerprint density at radius 1 is 1.45 bits per heavy atom. The van der Waals surface area contributed by atoms with Crippen LogP contribution in [-0.2, 0) is 6.54 Å². The molecule has 104 valence electrons. The van der Waals surface area contributed by atoms with E-state index < -0.39 is 5.97 Å². The number of aromatic nitrogens is 2. The quantitative estimate of drug-likeness (QED) is 0.849. The lowest BCUT2D eigenvalue weighted by atomic mass is 10.3. The third-order valence-electron chi connectivity index (χ3n) is 2.61. The van der Waals surface area contributed by atoms with Crippen LogP contribution < -0.4 is 4.90 Å². The standard InChI is InChI=1S/C13H13N3O3S/c1-8(17)11-10(12(18)19)15-13(20-11)16(2)7-9-4-3-5-14-6-9/h3-6H,7H2,1-2H3,(H,18,19). The highest BCUT2D eigenvalue weighted by atomic mass is 32.1. The summed E-state index contributed by atoms with van der Waals surface area (Å²) in [5, 5.41) is 9.56. The number of nitrogens with zero attached hydrogens (tertiary/aromatic N) is 3. The van der Waals surface area contributed by atoms with E-state index in [0.29, 0.717) is 11.7 Å². The second kappa shape index (κ2) is 5.79. The molecule has 2 aromatic rings. The number of ketones is 1. The molecule has 0 bridgehead atoms. The van der Waals surface area contributed by atoms with Crippen LogP contribution in [0.4, 0.5) is 5.13 Å². The molecule has 0 amide bonds. The second-order valence-corrected chi connectivity index (χ2v) is 5.23. The number of carbonyl (C=O) groups is 2. The van der Waals surface area contributed by atoms with Gasteiger partial charge in [-0.15, -0.1) is 0 Å². The largest absolute Gasteiger partial charge is 0.476 e. The van der Waals surface area contributed by atoms with Gasteiger partial charge in [0, 0.05) is 32.9 Å². The lowest BCUT2D eigenvalue weighted by molar-refractivity contribution is 0.0687. The van der Waals surface area contributed by atoms with Crippen molar-refractivity contribution < 1.29 is 14.7 Å². The van der Waals surface area contributed by atoms with E-state index in [0.717, 1.165) is 16.9 Å². The Kier molecular flexibility index (Phi) is 4.09. The van der Waals surface area contributed by atoms with Crippen LogP contribution in [0.15, 0.2) is 24.5 Å². The number of hydrogen-bond acceptors (Lipinski definition) is 6. The summed E-state index contributed by atoms with van der Waals surface area (Å²) in [5.74, 6) is -1.48. The van der Waals surface area contributed by atoms with E-state index in [9.17, 15) is 9.59 Å². The summed E-state index contributed by atoms with van der Waals surface area (Å²) in [7, 11) is 1.79. The average molecular weight is 291 g/mol. The van der Waals surface area contributed by atoms with Gasteiger partial charge in [0.2, 0.25) is 0 Å². The molecule has 0 atom stereocenters. The lowest BCUT2D eigenvalue weighted by Crippen LogP contribution is -2.16. The molecule has 1 N–H and O–H groups in total. The first kappa shape index (κ1) is 14.1. The first-order chi connectivity index (χ1) is 9.49. The molecule has 0 aliphatic heterocycles. The number of anilines is 1. The molecule has 2 heterocycles. The van der Waals surface area contributed by atoms with E-state index >= 15 is 0 Å². The number of carboxylic acids is 1. The number of aromatic carboxylic acids is 1. The zero-order valence-electron chi connectivity index (χ0n) is 11.0. The maximum absolute atomic E-state index is 11.4. The monoisotopic (exact) mass is 291 g/mol. The van der Waals surface area contributed by atoms with E-state index in [-0.39, 0.29) is 16.4 Å². The van der Waals surface area contributed by atoms with Crippen LogP contribution in [0.1, 0.15) is 32.6 Å². The van der Waals surface area contributed by atoms with Crippen molar-refractivity contribution in [2.75, 3.05) is 11.9 Å². The molecule has 20 heavy (non-hydrogen) atoms. The summed E-state index contributed by atoms with van der Waals surface area (Å²) < 4.78 is 0. The average Bonchev–Trinajstić information content (AvgIpc) is 2.85. The lowest BCUT2D eigenvalue weighted by Gasteiger charge is -2.15. The van der Waals surface area contributed by atoms with E-state index in [4.69, 9.17) is 5.11 Å². The highest BCUT2D eigenvalue weighted by Gasteiger charge is 2.22. The minimum atomic E-state index is -1.19. The minimum absolute atomic E-state index is 0.172. The topological polar surface area (TPSA) is 83.4 Å². The minimum Gasteiger partial charge on any atom is -0.476 e. The van der Waals surface area contributed by atoms with Crippen molar-refractivity contribution in [2.24, 2.45) is 0 Å². The molecule has 0 unspecified atom stereocenters. The van der Waals surface area contributed by atoms with Gasteiger partial charge in [-0.1, -0.05) is 17.4 Å². The molecular formula is C13H13N3O3S. The number of Topliss-reactive ketones (excluding diaryl/α,β-unsaturated/α-hetero) is 1. The molecule has 0 spiro atoms. The van der Waals surface area contributed by atoms with E-state index in [1.807, 2.05) is 12.1 Å². The highest BCUT2D eigenvalue weighted by Crippen LogP contribution is 2.27. The van der Waals surface area contributed by atoms with Gasteiger partial charge < -0.3 is 10.0 Å². The second-order valence-electron chi connectivity index (χ2n) is 4.25. The summed E-state index contributed by atoms with van der Waals surface area (Å²) in [6.07, 6.45) is 3.41. The van der Waals surface area contributed by atoms with E-state index in [1.54, 1.807) is 24.3 Å². The number of hydrogen-bond donors (Lipinski definition) is 1. The molecule has 2 aromatic heterocycles. The van der Waals surface area contributed by atoms with Gasteiger partial charge in [0.15, 0.2) is 16.6 Å². The first-order valence-electron chi connectivity index (χ1n) is 5.84. The zero-order chi connectivity index (χ0) is 14.7. The molecule has 0 saturated carbocycles. The van der Waals surface area contributed by atoms with E-state index in [1.165, 1.54) is 6.92 Å². The number of carbonyl (C=O) groups excluding carboxylic acids is 1. The summed E-state index contributed by atoms with van der Waals surface area (Å²) in [4.78, 5) is 32.5. The van der Waals surface area contributed by atoms with Gasteiger partial charge in [-0.05, 0) is 11.6 Å². The molecule has 0 radical (unpaired) electrons. The van der Waals surface area contributed by atoms with Gasteiger partial charge in [0.25, 0.3) is 0 Å². The summed E-state index contributed by atoms with van der Waals surface area (Å²) in [5.41, 5.74) is 0.794. The number of pyridine rings is 1. The normalized spacial score (nSPS) is 10.3. The fraction of sp³-hybridized carbons (Fsp3) is 0.231. The number of carboxylic acid groups (broad SMARTS) is 1. The first-order valence-corrected chi connectivity index (χ1v) is 6.65. The molecule has 7 heteroatoms. The zero-order valence-corrected chi connectivity index (χ0v) is 11.8. The smallest absolute Gasteiger partial charge is 0.356 e.